The molecule has 0 saturated heterocycles. The van der Waals surface area contributed by atoms with E-state index in [4.69, 9.17) is 4.99 Å². The number of hydrogen-bond donors (Lipinski definition) is 2. The fraction of sp³-hybridized carbons (Fsp3) is 0.310. The van der Waals surface area contributed by atoms with Crippen LogP contribution in [0.4, 0.5) is 16.4 Å². The van der Waals surface area contributed by atoms with Crippen molar-refractivity contribution in [3.05, 3.63) is 86.0 Å². The average molecular weight is 575 g/mol. The van der Waals surface area contributed by atoms with Gasteiger partial charge in [-0.2, -0.15) is 0 Å². The zero-order chi connectivity index (χ0) is 28.4. The van der Waals surface area contributed by atoms with E-state index < -0.39 is 4.92 Å². The van der Waals surface area contributed by atoms with E-state index in [1.165, 1.54) is 10.9 Å². The number of carbonyl (C=O) groups is 1. The Hall–Kier alpha value is -3.83. The van der Waals surface area contributed by atoms with Crippen LogP contribution in [0.3, 0.4) is 0 Å². The normalized spacial score (nSPS) is 15.2. The summed E-state index contributed by atoms with van der Waals surface area (Å²) in [5.74, 6) is 0.957. The molecule has 4 aromatic rings. The van der Waals surface area contributed by atoms with E-state index in [1.807, 2.05) is 30.3 Å². The van der Waals surface area contributed by atoms with Crippen LogP contribution in [0.15, 0.2) is 63.6 Å². The first-order valence-electron chi connectivity index (χ1n) is 13.0. The van der Waals surface area contributed by atoms with Gasteiger partial charge in [0.2, 0.25) is 5.16 Å². The molecule has 0 aliphatic heterocycles. The van der Waals surface area contributed by atoms with Crippen molar-refractivity contribution < 1.29 is 9.72 Å². The molecule has 40 heavy (non-hydrogen) atoms. The number of aryl methyl sites for hydroxylation is 1. The van der Waals surface area contributed by atoms with Crippen molar-refractivity contribution in [2.75, 3.05) is 5.32 Å². The number of anilines is 1. The van der Waals surface area contributed by atoms with E-state index in [0.29, 0.717) is 37.9 Å². The quantitative estimate of drug-likeness (QED) is 0.135. The summed E-state index contributed by atoms with van der Waals surface area (Å²) in [6.07, 6.45) is 4.33. The van der Waals surface area contributed by atoms with E-state index >= 15 is 0 Å². The molecule has 11 heteroatoms. The van der Waals surface area contributed by atoms with Crippen molar-refractivity contribution in [3.8, 4) is 0 Å². The summed E-state index contributed by atoms with van der Waals surface area (Å²) in [5.41, 5.74) is 3.05. The molecular formula is C29H30N6O3S2. The van der Waals surface area contributed by atoms with Crippen LogP contribution in [-0.2, 0) is 12.8 Å². The Labute approximate surface area is 240 Å². The minimum Gasteiger partial charge on any atom is -0.322 e. The minimum absolute atomic E-state index is 0.0584. The van der Waals surface area contributed by atoms with Crippen molar-refractivity contribution in [1.29, 1.82) is 0 Å². The van der Waals surface area contributed by atoms with Crippen LogP contribution in [0.25, 0.3) is 0 Å². The molecule has 9 nitrogen and oxygen atoms in total. The van der Waals surface area contributed by atoms with Gasteiger partial charge >= 0.3 is 0 Å². The number of nitro benzene ring substituents is 1. The number of fused-ring (bicyclic) bond motifs is 1. The Morgan fingerprint density at radius 2 is 2.02 bits per heavy atom. The van der Waals surface area contributed by atoms with Crippen molar-refractivity contribution in [2.45, 2.75) is 57.0 Å². The summed E-state index contributed by atoms with van der Waals surface area (Å²) in [6.45, 7) is 8.55. The van der Waals surface area contributed by atoms with Gasteiger partial charge in [0.1, 0.15) is 10.8 Å². The molecule has 1 aliphatic carbocycles. The third-order valence-corrected chi connectivity index (χ3v) is 9.11. The zero-order valence-electron chi connectivity index (χ0n) is 22.7. The number of aromatic nitrogens is 3. The predicted octanol–water partition coefficient (Wildman–Crippen LogP) is 7.39. The first-order valence-corrected chi connectivity index (χ1v) is 14.6. The molecule has 0 unspecified atom stereocenters. The fourth-order valence-corrected chi connectivity index (χ4v) is 6.91. The highest BCUT2D eigenvalue weighted by Gasteiger charge is 2.33. The van der Waals surface area contributed by atoms with Gasteiger partial charge in [0.05, 0.1) is 15.4 Å². The number of nitrogens with zero attached hydrogens (tertiary/aromatic N) is 4. The molecule has 5 rings (SSSR count). The summed E-state index contributed by atoms with van der Waals surface area (Å²) in [7, 11) is 0. The van der Waals surface area contributed by atoms with Crippen molar-refractivity contribution >= 4 is 51.6 Å². The van der Waals surface area contributed by atoms with E-state index in [2.05, 4.69) is 41.3 Å². The Bertz CT molecular complexity index is 1590. The number of nitrogens with one attached hydrogen (secondary N) is 2. The number of rotatable bonds is 7. The molecule has 2 aromatic heterocycles. The zero-order valence-corrected chi connectivity index (χ0v) is 24.4. The SMILES string of the molecule is Cc1nc(Sc2ccc(C=Nc3sc4c(c3C(=O)Nc3ccccc3)CC[C@@H](C(C)(C)C)C4)cc2[N+](=O)[O-])n[nH]1. The molecule has 2 N–H and O–H groups in total. The minimum atomic E-state index is -0.422. The lowest BCUT2D eigenvalue weighted by molar-refractivity contribution is -0.387. The highest BCUT2D eigenvalue weighted by atomic mass is 32.2. The summed E-state index contributed by atoms with van der Waals surface area (Å²) in [5, 5.41) is 22.7. The number of aliphatic imine (C=N–C) groups is 1. The Morgan fingerprint density at radius 3 is 2.70 bits per heavy atom. The van der Waals surface area contributed by atoms with E-state index in [1.54, 1.807) is 36.6 Å². The number of para-hydroxylation sites is 1. The second kappa shape index (κ2) is 11.3. The summed E-state index contributed by atoms with van der Waals surface area (Å²) in [4.78, 5) is 35.5. The van der Waals surface area contributed by atoms with E-state index in [0.717, 1.165) is 42.3 Å². The smallest absolute Gasteiger partial charge is 0.283 e. The molecule has 1 aliphatic rings. The number of H-pyrrole nitrogens is 1. The molecule has 0 fully saturated rings. The molecule has 0 saturated carbocycles. The number of hydrogen-bond acceptors (Lipinski definition) is 8. The monoisotopic (exact) mass is 574 g/mol. The summed E-state index contributed by atoms with van der Waals surface area (Å²) in [6, 6.07) is 14.3. The number of aromatic amines is 1. The molecule has 206 valence electrons. The van der Waals surface area contributed by atoms with Gasteiger partial charge in [0, 0.05) is 22.8 Å². The standard InChI is InChI=1S/C29H30N6O3S2/c1-17-31-28(34-33-17)40-23-13-10-18(14-22(23)35(37)38)16-30-27-25(26(36)32-20-8-6-5-7-9-20)21-12-11-19(29(2,3)4)15-24(21)39-27/h5-10,13-14,16,19H,11-12,15H2,1-4H3,(H,32,36)(H,31,33,34)/t19-/m1/s1. The molecule has 0 radical (unpaired) electrons. The van der Waals surface area contributed by atoms with Crippen LogP contribution >= 0.6 is 23.1 Å². The number of carbonyl (C=O) groups excluding carboxylic acids is 1. The van der Waals surface area contributed by atoms with Crippen LogP contribution in [0, 0.1) is 28.4 Å². The second-order valence-electron chi connectivity index (χ2n) is 10.9. The molecule has 1 atom stereocenters. The van der Waals surface area contributed by atoms with E-state index in [9.17, 15) is 14.9 Å². The fourth-order valence-electron chi connectivity index (χ4n) is 4.79. The first kappa shape index (κ1) is 27.7. The Balaban J connectivity index is 1.48. The highest BCUT2D eigenvalue weighted by Crippen LogP contribution is 2.45. The van der Waals surface area contributed by atoms with Crippen molar-refractivity contribution in [2.24, 2.45) is 16.3 Å². The Kier molecular flexibility index (Phi) is 7.86. The number of nitro groups is 1. The highest BCUT2D eigenvalue weighted by molar-refractivity contribution is 7.99. The van der Waals surface area contributed by atoms with Gasteiger partial charge in [-0.05, 0) is 78.6 Å². The lowest BCUT2D eigenvalue weighted by atomic mass is 9.72. The lowest BCUT2D eigenvalue weighted by Crippen LogP contribution is -2.27. The average Bonchev–Trinajstić information content (AvgIpc) is 3.50. The van der Waals surface area contributed by atoms with Gasteiger partial charge in [-0.25, -0.2) is 9.98 Å². The Morgan fingerprint density at radius 1 is 1.25 bits per heavy atom. The van der Waals surface area contributed by atoms with Crippen LogP contribution in [0.1, 0.15) is 59.4 Å². The van der Waals surface area contributed by atoms with Crippen LogP contribution < -0.4 is 5.32 Å². The van der Waals surface area contributed by atoms with Gasteiger partial charge in [-0.15, -0.1) is 16.4 Å². The lowest BCUT2D eigenvalue weighted by Gasteiger charge is -2.33. The summed E-state index contributed by atoms with van der Waals surface area (Å²) < 4.78 is 0. The molecular weight excluding hydrogens is 544 g/mol. The molecule has 0 spiro atoms. The van der Waals surface area contributed by atoms with Gasteiger partial charge in [-0.1, -0.05) is 45.0 Å². The predicted molar refractivity (Wildman–Crippen MR) is 159 cm³/mol. The molecule has 2 heterocycles. The molecule has 1 amide bonds. The van der Waals surface area contributed by atoms with Gasteiger partial charge < -0.3 is 5.32 Å². The topological polar surface area (TPSA) is 126 Å². The first-order chi connectivity index (χ1) is 19.1. The van der Waals surface area contributed by atoms with E-state index in [-0.39, 0.29) is 17.0 Å². The van der Waals surface area contributed by atoms with Crippen molar-refractivity contribution in [1.82, 2.24) is 15.2 Å². The maximum atomic E-state index is 13.5. The molecule has 2 aromatic carbocycles. The summed E-state index contributed by atoms with van der Waals surface area (Å²) >= 11 is 2.66. The van der Waals surface area contributed by atoms with Crippen LogP contribution in [-0.4, -0.2) is 32.2 Å². The van der Waals surface area contributed by atoms with Gasteiger partial charge in [0.25, 0.3) is 11.6 Å². The van der Waals surface area contributed by atoms with Gasteiger partial charge in [-0.3, -0.25) is 20.0 Å². The molecule has 0 bridgehead atoms. The maximum absolute atomic E-state index is 13.5. The third kappa shape index (κ3) is 6.15. The third-order valence-electron chi connectivity index (χ3n) is 7.02. The second-order valence-corrected chi connectivity index (χ2v) is 13.0. The van der Waals surface area contributed by atoms with Gasteiger partial charge in [0.15, 0.2) is 0 Å². The maximum Gasteiger partial charge on any atom is 0.283 e. The number of amides is 1. The van der Waals surface area contributed by atoms with Crippen molar-refractivity contribution in [3.63, 3.8) is 0 Å². The number of benzene rings is 2. The largest absolute Gasteiger partial charge is 0.322 e. The number of thiophene rings is 1. The van der Waals surface area contributed by atoms with Crippen LogP contribution in [0.2, 0.25) is 0 Å². The van der Waals surface area contributed by atoms with Crippen LogP contribution in [0.5, 0.6) is 0 Å².